The normalized spacial score (nSPS) is 12.3. The van der Waals surface area contributed by atoms with E-state index in [-0.39, 0.29) is 6.04 Å². The fraction of sp³-hybridized carbons (Fsp3) is 0.500. The molecule has 1 heterocycles. The van der Waals surface area contributed by atoms with E-state index < -0.39 is 0 Å². The third-order valence-electron chi connectivity index (χ3n) is 2.27. The van der Waals surface area contributed by atoms with Crippen LogP contribution in [0, 0.1) is 12.3 Å². The van der Waals surface area contributed by atoms with Crippen LogP contribution in [0.3, 0.4) is 0 Å². The first-order chi connectivity index (χ1) is 7.31. The molecule has 0 aliphatic heterocycles. The van der Waals surface area contributed by atoms with Gasteiger partial charge in [0, 0.05) is 29.3 Å². The summed E-state index contributed by atoms with van der Waals surface area (Å²) in [5, 5.41) is 3.37. The molecule has 82 valence electrons. The fourth-order valence-corrected chi connectivity index (χ4v) is 2.43. The molecule has 0 fully saturated rings. The van der Waals surface area contributed by atoms with Crippen molar-refractivity contribution >= 4 is 11.3 Å². The number of nitrogens with one attached hydrogen (secondary N) is 1. The zero-order valence-corrected chi connectivity index (χ0v) is 9.94. The lowest BCUT2D eigenvalue weighted by Crippen LogP contribution is -2.28. The second-order valence-corrected chi connectivity index (χ2v) is 4.55. The van der Waals surface area contributed by atoms with Crippen molar-refractivity contribution in [2.45, 2.75) is 25.8 Å². The summed E-state index contributed by atoms with van der Waals surface area (Å²) in [5.41, 5.74) is 5.73. The Bertz CT molecular complexity index is 325. The van der Waals surface area contributed by atoms with Crippen molar-refractivity contribution in [3.05, 3.63) is 21.9 Å². The second-order valence-electron chi connectivity index (χ2n) is 3.35. The Morgan fingerprint density at radius 3 is 2.93 bits per heavy atom. The van der Waals surface area contributed by atoms with Gasteiger partial charge in [-0.1, -0.05) is 6.92 Å². The third kappa shape index (κ3) is 3.67. The number of terminal acetylenes is 1. The zero-order valence-electron chi connectivity index (χ0n) is 9.12. The lowest BCUT2D eigenvalue weighted by atomic mass is 10.2. The van der Waals surface area contributed by atoms with Gasteiger partial charge in [0.05, 0.1) is 6.04 Å². The lowest BCUT2D eigenvalue weighted by Gasteiger charge is -2.14. The molecule has 0 bridgehead atoms. The summed E-state index contributed by atoms with van der Waals surface area (Å²) in [4.78, 5) is 2.72. The van der Waals surface area contributed by atoms with Gasteiger partial charge in [0.2, 0.25) is 0 Å². The average Bonchev–Trinajstić information content (AvgIpc) is 2.73. The van der Waals surface area contributed by atoms with Gasteiger partial charge in [-0.3, -0.25) is 0 Å². The van der Waals surface area contributed by atoms with Gasteiger partial charge in [0.25, 0.3) is 0 Å². The van der Waals surface area contributed by atoms with Crippen LogP contribution in [0.4, 0.5) is 0 Å². The Hall–Kier alpha value is -0.820. The molecule has 1 aromatic rings. The first-order valence-electron chi connectivity index (χ1n) is 5.27. The number of rotatable bonds is 6. The zero-order chi connectivity index (χ0) is 11.1. The van der Waals surface area contributed by atoms with Gasteiger partial charge < -0.3 is 11.1 Å². The molecule has 0 saturated heterocycles. The minimum absolute atomic E-state index is 0.253. The van der Waals surface area contributed by atoms with Crippen LogP contribution in [-0.4, -0.2) is 13.1 Å². The van der Waals surface area contributed by atoms with E-state index in [0.717, 1.165) is 19.4 Å². The number of nitrogens with two attached hydrogens (primary N) is 1. The van der Waals surface area contributed by atoms with Crippen LogP contribution < -0.4 is 11.1 Å². The number of hydrogen-bond acceptors (Lipinski definition) is 3. The van der Waals surface area contributed by atoms with Crippen molar-refractivity contribution in [1.82, 2.24) is 5.32 Å². The highest BCUT2D eigenvalue weighted by Crippen LogP contribution is 2.23. The summed E-state index contributed by atoms with van der Waals surface area (Å²) < 4.78 is 0. The first kappa shape index (κ1) is 12.3. The molecule has 0 aromatic carbocycles. The summed E-state index contributed by atoms with van der Waals surface area (Å²) >= 11 is 1.83. The van der Waals surface area contributed by atoms with Crippen molar-refractivity contribution in [2.75, 3.05) is 13.1 Å². The van der Waals surface area contributed by atoms with Gasteiger partial charge in [-0.05, 0) is 18.6 Å². The number of thiophene rings is 1. The minimum Gasteiger partial charge on any atom is -0.329 e. The summed E-state index contributed by atoms with van der Waals surface area (Å²) in [6, 6.07) is 4.58. The van der Waals surface area contributed by atoms with E-state index in [1.807, 2.05) is 11.3 Å². The molecular weight excluding hydrogens is 204 g/mol. The minimum atomic E-state index is 0.253. The molecular formula is C12H18N2S. The lowest BCUT2D eigenvalue weighted by molar-refractivity contribution is 0.558. The van der Waals surface area contributed by atoms with Crippen LogP contribution in [0.1, 0.15) is 29.1 Å². The Morgan fingerprint density at radius 2 is 2.40 bits per heavy atom. The van der Waals surface area contributed by atoms with Gasteiger partial charge in [-0.2, -0.15) is 0 Å². The van der Waals surface area contributed by atoms with Crippen molar-refractivity contribution < 1.29 is 0 Å². The molecule has 15 heavy (non-hydrogen) atoms. The van der Waals surface area contributed by atoms with Crippen molar-refractivity contribution in [3.8, 4) is 12.3 Å². The van der Waals surface area contributed by atoms with Gasteiger partial charge in [0.15, 0.2) is 0 Å². The molecule has 3 N–H and O–H groups in total. The third-order valence-corrected chi connectivity index (χ3v) is 3.61. The Balaban J connectivity index is 2.54. The SMILES string of the molecule is C#CCCNC(CN)c1ccc(CC)s1. The highest BCUT2D eigenvalue weighted by atomic mass is 32.1. The van der Waals surface area contributed by atoms with E-state index in [9.17, 15) is 0 Å². The summed E-state index contributed by atoms with van der Waals surface area (Å²) in [6.07, 6.45) is 7.04. The molecule has 1 aromatic heterocycles. The van der Waals surface area contributed by atoms with Gasteiger partial charge in [-0.25, -0.2) is 0 Å². The largest absolute Gasteiger partial charge is 0.329 e. The molecule has 1 atom stereocenters. The molecule has 0 saturated carbocycles. The van der Waals surface area contributed by atoms with Crippen LogP contribution in [0.5, 0.6) is 0 Å². The van der Waals surface area contributed by atoms with E-state index in [4.69, 9.17) is 12.2 Å². The van der Waals surface area contributed by atoms with Crippen LogP contribution >= 0.6 is 11.3 Å². The van der Waals surface area contributed by atoms with Gasteiger partial charge >= 0.3 is 0 Å². The smallest absolute Gasteiger partial charge is 0.0539 e. The molecule has 0 spiro atoms. The monoisotopic (exact) mass is 222 g/mol. The quantitative estimate of drug-likeness (QED) is 0.570. The van der Waals surface area contributed by atoms with E-state index >= 15 is 0 Å². The summed E-state index contributed by atoms with van der Waals surface area (Å²) in [5.74, 6) is 2.62. The maximum atomic E-state index is 5.73. The maximum Gasteiger partial charge on any atom is 0.0539 e. The predicted molar refractivity (Wildman–Crippen MR) is 66.9 cm³/mol. The topological polar surface area (TPSA) is 38.0 Å². The Kier molecular flexibility index (Phi) is 5.41. The van der Waals surface area contributed by atoms with E-state index in [1.165, 1.54) is 9.75 Å². The van der Waals surface area contributed by atoms with Crippen molar-refractivity contribution in [1.29, 1.82) is 0 Å². The van der Waals surface area contributed by atoms with Gasteiger partial charge in [-0.15, -0.1) is 23.7 Å². The Labute approximate surface area is 95.9 Å². The Morgan fingerprint density at radius 1 is 1.60 bits per heavy atom. The molecule has 1 unspecified atom stereocenters. The molecule has 0 radical (unpaired) electrons. The molecule has 0 amide bonds. The van der Waals surface area contributed by atoms with Crippen LogP contribution in [0.25, 0.3) is 0 Å². The van der Waals surface area contributed by atoms with E-state index in [2.05, 4.69) is 30.3 Å². The highest BCUT2D eigenvalue weighted by molar-refractivity contribution is 7.12. The fourth-order valence-electron chi connectivity index (χ4n) is 1.39. The van der Waals surface area contributed by atoms with Gasteiger partial charge in [0.1, 0.15) is 0 Å². The molecule has 2 nitrogen and oxygen atoms in total. The first-order valence-corrected chi connectivity index (χ1v) is 6.09. The standard InChI is InChI=1S/C12H18N2S/c1-3-5-8-14-11(9-13)12-7-6-10(4-2)15-12/h1,6-7,11,14H,4-5,8-9,13H2,2H3. The van der Waals surface area contributed by atoms with E-state index in [1.54, 1.807) is 0 Å². The van der Waals surface area contributed by atoms with Crippen LogP contribution in [0.15, 0.2) is 12.1 Å². The number of aryl methyl sites for hydroxylation is 1. The summed E-state index contributed by atoms with van der Waals surface area (Å²) in [7, 11) is 0. The molecule has 0 aliphatic carbocycles. The molecule has 1 rings (SSSR count). The van der Waals surface area contributed by atoms with Crippen molar-refractivity contribution in [2.24, 2.45) is 5.73 Å². The molecule has 0 aliphatic rings. The van der Waals surface area contributed by atoms with Crippen LogP contribution in [0.2, 0.25) is 0 Å². The van der Waals surface area contributed by atoms with Crippen LogP contribution in [-0.2, 0) is 6.42 Å². The maximum absolute atomic E-state index is 5.73. The number of hydrogen-bond donors (Lipinski definition) is 2. The highest BCUT2D eigenvalue weighted by Gasteiger charge is 2.10. The average molecular weight is 222 g/mol. The second kappa shape index (κ2) is 6.62. The summed E-state index contributed by atoms with van der Waals surface area (Å²) in [6.45, 7) is 3.62. The van der Waals surface area contributed by atoms with Crippen molar-refractivity contribution in [3.63, 3.8) is 0 Å². The predicted octanol–water partition coefficient (Wildman–Crippen LogP) is 1.92. The van der Waals surface area contributed by atoms with E-state index in [0.29, 0.717) is 6.54 Å². The molecule has 3 heteroatoms.